The minimum absolute atomic E-state index is 0.255. The van der Waals surface area contributed by atoms with Gasteiger partial charge in [-0.05, 0) is 35.4 Å². The van der Waals surface area contributed by atoms with Gasteiger partial charge in [0, 0.05) is 22.4 Å². The van der Waals surface area contributed by atoms with Gasteiger partial charge in [-0.1, -0.05) is 41.4 Å². The Balaban J connectivity index is 1.71. The zero-order chi connectivity index (χ0) is 21.1. The Hall–Kier alpha value is -3.20. The van der Waals surface area contributed by atoms with E-state index in [4.69, 9.17) is 23.2 Å². The number of hydrogen-bond acceptors (Lipinski definition) is 5. The molecular weight excluding hydrogens is 427 g/mol. The third kappa shape index (κ3) is 4.35. The quantitative estimate of drug-likeness (QED) is 0.425. The van der Waals surface area contributed by atoms with E-state index in [1.165, 1.54) is 0 Å². The fourth-order valence-corrected chi connectivity index (χ4v) is 3.48. The van der Waals surface area contributed by atoms with Gasteiger partial charge in [-0.15, -0.1) is 0 Å². The number of nitrogens with one attached hydrogen (secondary N) is 3. The molecule has 2 heterocycles. The normalized spacial score (nSPS) is 12.1. The first-order valence-electron chi connectivity index (χ1n) is 8.97. The highest BCUT2D eigenvalue weighted by molar-refractivity contribution is 6.31. The van der Waals surface area contributed by atoms with Crippen molar-refractivity contribution in [3.8, 4) is 5.69 Å². The minimum Gasteiger partial charge on any atom is -0.348 e. The van der Waals surface area contributed by atoms with Crippen LogP contribution in [-0.2, 0) is 6.54 Å². The highest BCUT2D eigenvalue weighted by Gasteiger charge is 2.18. The van der Waals surface area contributed by atoms with Crippen LogP contribution in [0.3, 0.4) is 0 Å². The minimum atomic E-state index is -0.642. The predicted molar refractivity (Wildman–Crippen MR) is 114 cm³/mol. The number of imidazole rings is 1. The molecule has 0 spiro atoms. The van der Waals surface area contributed by atoms with Gasteiger partial charge in [0.1, 0.15) is 12.0 Å². The smallest absolute Gasteiger partial charge is 0.348 e. The Bertz CT molecular complexity index is 1270. The number of rotatable bonds is 6. The van der Waals surface area contributed by atoms with Gasteiger partial charge >= 0.3 is 5.69 Å². The molecule has 0 aliphatic carbocycles. The Morgan fingerprint density at radius 3 is 2.57 bits per heavy atom. The molecule has 2 aromatic carbocycles. The summed E-state index contributed by atoms with van der Waals surface area (Å²) in [4.78, 5) is 32.7. The fourth-order valence-electron chi connectivity index (χ4n) is 3.08. The number of H-pyrrole nitrogens is 2. The molecule has 0 amide bonds. The van der Waals surface area contributed by atoms with Crippen LogP contribution >= 0.6 is 23.2 Å². The maximum atomic E-state index is 12.0. The lowest BCUT2D eigenvalue weighted by Gasteiger charge is -2.21. The Morgan fingerprint density at radius 2 is 1.90 bits per heavy atom. The summed E-state index contributed by atoms with van der Waals surface area (Å²) in [6.07, 6.45) is 4.47. The lowest BCUT2D eigenvalue weighted by Crippen LogP contribution is -2.30. The molecule has 152 valence electrons. The van der Waals surface area contributed by atoms with Crippen molar-refractivity contribution < 1.29 is 0 Å². The van der Waals surface area contributed by atoms with E-state index in [1.54, 1.807) is 24.5 Å². The van der Waals surface area contributed by atoms with Gasteiger partial charge in [0.25, 0.3) is 5.56 Å². The van der Waals surface area contributed by atoms with E-state index in [2.05, 4.69) is 25.4 Å². The fraction of sp³-hybridized carbons (Fsp3) is 0.100. The first-order chi connectivity index (χ1) is 14.5. The summed E-state index contributed by atoms with van der Waals surface area (Å²) < 4.78 is 1.07. The SMILES string of the molecule is O=c1cnn(-c2ccc(C(NCc3ncc[nH]3)c3ccc(Cl)cc3)c(Cl)c2)c(=O)[nH]1. The van der Waals surface area contributed by atoms with E-state index in [0.717, 1.165) is 27.8 Å². The Morgan fingerprint density at radius 1 is 1.10 bits per heavy atom. The zero-order valence-corrected chi connectivity index (χ0v) is 17.0. The van der Waals surface area contributed by atoms with Gasteiger partial charge in [0.05, 0.1) is 18.3 Å². The Kier molecular flexibility index (Phi) is 5.80. The number of benzene rings is 2. The maximum absolute atomic E-state index is 12.0. The van der Waals surface area contributed by atoms with Crippen molar-refractivity contribution in [1.29, 1.82) is 0 Å². The van der Waals surface area contributed by atoms with Gasteiger partial charge < -0.3 is 4.98 Å². The molecule has 4 aromatic rings. The van der Waals surface area contributed by atoms with Crippen LogP contribution in [0, 0.1) is 0 Å². The van der Waals surface area contributed by atoms with E-state index in [0.29, 0.717) is 22.3 Å². The largest absolute Gasteiger partial charge is 0.349 e. The van der Waals surface area contributed by atoms with Gasteiger partial charge in [-0.3, -0.25) is 15.1 Å². The van der Waals surface area contributed by atoms with E-state index in [-0.39, 0.29) is 6.04 Å². The monoisotopic (exact) mass is 442 g/mol. The van der Waals surface area contributed by atoms with Crippen molar-refractivity contribution in [2.24, 2.45) is 0 Å². The van der Waals surface area contributed by atoms with Gasteiger partial charge in [-0.25, -0.2) is 9.78 Å². The molecule has 2 aromatic heterocycles. The van der Waals surface area contributed by atoms with Crippen LogP contribution in [0.4, 0.5) is 0 Å². The third-order valence-corrected chi connectivity index (χ3v) is 5.06. The first-order valence-corrected chi connectivity index (χ1v) is 9.72. The Labute approximate surface area is 180 Å². The van der Waals surface area contributed by atoms with Gasteiger partial charge in [0.2, 0.25) is 0 Å². The molecular formula is C20H16Cl2N6O2. The number of hydrogen-bond donors (Lipinski definition) is 3. The summed E-state index contributed by atoms with van der Waals surface area (Å²) in [7, 11) is 0. The van der Waals surface area contributed by atoms with Crippen LogP contribution in [-0.4, -0.2) is 24.7 Å². The van der Waals surface area contributed by atoms with E-state index >= 15 is 0 Å². The third-order valence-electron chi connectivity index (χ3n) is 4.48. The van der Waals surface area contributed by atoms with Crippen molar-refractivity contribution in [3.63, 3.8) is 0 Å². The summed E-state index contributed by atoms with van der Waals surface area (Å²) in [5.41, 5.74) is 0.984. The highest BCUT2D eigenvalue weighted by atomic mass is 35.5. The first kappa shape index (κ1) is 20.1. The molecule has 0 aliphatic rings. The summed E-state index contributed by atoms with van der Waals surface area (Å²) in [6, 6.07) is 12.3. The summed E-state index contributed by atoms with van der Waals surface area (Å²) in [6.45, 7) is 0.485. The molecule has 1 atom stereocenters. The summed E-state index contributed by atoms with van der Waals surface area (Å²) in [5, 5.41) is 8.36. The van der Waals surface area contributed by atoms with E-state index in [9.17, 15) is 9.59 Å². The lowest BCUT2D eigenvalue weighted by molar-refractivity contribution is 0.590. The van der Waals surface area contributed by atoms with Crippen molar-refractivity contribution in [2.45, 2.75) is 12.6 Å². The molecule has 30 heavy (non-hydrogen) atoms. The predicted octanol–water partition coefficient (Wildman–Crippen LogP) is 2.83. The van der Waals surface area contributed by atoms with Gasteiger partial charge in [0.15, 0.2) is 0 Å². The zero-order valence-electron chi connectivity index (χ0n) is 15.5. The lowest BCUT2D eigenvalue weighted by atomic mass is 9.98. The number of halogens is 2. The highest BCUT2D eigenvalue weighted by Crippen LogP contribution is 2.30. The molecule has 0 bridgehead atoms. The average Bonchev–Trinajstić information content (AvgIpc) is 3.24. The van der Waals surface area contributed by atoms with Crippen molar-refractivity contribution in [2.75, 3.05) is 0 Å². The topological polar surface area (TPSA) is 108 Å². The molecule has 0 saturated heterocycles. The van der Waals surface area contributed by atoms with Crippen LogP contribution in [0.5, 0.6) is 0 Å². The van der Waals surface area contributed by atoms with Crippen LogP contribution in [0.25, 0.3) is 5.69 Å². The van der Waals surface area contributed by atoms with Crippen LogP contribution in [0.2, 0.25) is 10.0 Å². The van der Waals surface area contributed by atoms with Crippen molar-refractivity contribution in [3.05, 3.63) is 109 Å². The van der Waals surface area contributed by atoms with E-state index in [1.807, 2.05) is 30.3 Å². The van der Waals surface area contributed by atoms with Crippen LogP contribution in [0.1, 0.15) is 23.0 Å². The van der Waals surface area contributed by atoms with E-state index < -0.39 is 11.2 Å². The van der Waals surface area contributed by atoms with Crippen LogP contribution < -0.4 is 16.6 Å². The molecule has 0 aliphatic heterocycles. The maximum Gasteiger partial charge on any atom is 0.349 e. The number of aromatic amines is 2. The second kappa shape index (κ2) is 8.66. The molecule has 0 fully saturated rings. The standard InChI is InChI=1S/C20H16Cl2N6O2/c21-13-3-1-12(2-4-13)19(25-10-17-23-7-8-24-17)15-6-5-14(9-16(15)22)28-20(30)27-18(29)11-26-28/h1-9,11,19,25H,10H2,(H,23,24)(H,27,29,30). The molecule has 3 N–H and O–H groups in total. The van der Waals surface area contributed by atoms with Crippen LogP contribution in [0.15, 0.2) is 70.6 Å². The molecule has 4 rings (SSSR count). The van der Waals surface area contributed by atoms with Crippen molar-refractivity contribution in [1.82, 2.24) is 30.0 Å². The molecule has 0 saturated carbocycles. The number of aromatic nitrogens is 5. The second-order valence-electron chi connectivity index (χ2n) is 6.46. The molecule has 1 unspecified atom stereocenters. The summed E-state index contributed by atoms with van der Waals surface area (Å²) in [5.74, 6) is 0.783. The molecule has 8 nitrogen and oxygen atoms in total. The molecule has 0 radical (unpaired) electrons. The van der Waals surface area contributed by atoms with Gasteiger partial charge in [-0.2, -0.15) is 9.78 Å². The molecule has 10 heteroatoms. The number of nitrogens with zero attached hydrogens (tertiary/aromatic N) is 3. The summed E-state index contributed by atoms with van der Waals surface area (Å²) >= 11 is 12.6. The van der Waals surface area contributed by atoms with Crippen molar-refractivity contribution >= 4 is 23.2 Å². The average molecular weight is 443 g/mol. The second-order valence-corrected chi connectivity index (χ2v) is 7.30.